The van der Waals surface area contributed by atoms with Crippen molar-refractivity contribution in [3.63, 3.8) is 0 Å². The molecule has 112 valence electrons. The van der Waals surface area contributed by atoms with Gasteiger partial charge in [0, 0.05) is 35.8 Å². The van der Waals surface area contributed by atoms with Crippen LogP contribution in [0.1, 0.15) is 44.4 Å². The lowest BCUT2D eigenvalue weighted by atomic mass is 9.92. The molecule has 0 saturated carbocycles. The number of rotatable bonds is 5. The number of carbonyl (C=O) groups is 1. The lowest BCUT2D eigenvalue weighted by Crippen LogP contribution is -2.51. The van der Waals surface area contributed by atoms with Gasteiger partial charge in [0.25, 0.3) is 0 Å². The van der Waals surface area contributed by atoms with Gasteiger partial charge < -0.3 is 10.2 Å². The van der Waals surface area contributed by atoms with Crippen LogP contribution in [-0.2, 0) is 4.79 Å². The minimum Gasteiger partial charge on any atom is -0.352 e. The predicted molar refractivity (Wildman–Crippen MR) is 85.2 cm³/mol. The second-order valence-electron chi connectivity index (χ2n) is 6.07. The van der Waals surface area contributed by atoms with Gasteiger partial charge in [0.15, 0.2) is 0 Å². The van der Waals surface area contributed by atoms with Crippen LogP contribution in [0.3, 0.4) is 0 Å². The normalized spacial score (nSPS) is 24.0. The van der Waals surface area contributed by atoms with E-state index in [0.717, 1.165) is 26.1 Å². The molecule has 1 aromatic rings. The van der Waals surface area contributed by atoms with Crippen LogP contribution in [0.4, 0.5) is 0 Å². The van der Waals surface area contributed by atoms with Gasteiger partial charge in [0.1, 0.15) is 0 Å². The summed E-state index contributed by atoms with van der Waals surface area (Å²) in [5.41, 5.74) is 0. The molecule has 3 nitrogen and oxygen atoms in total. The molecular weight excluding hydrogens is 268 g/mol. The third-order valence-electron chi connectivity index (χ3n) is 3.88. The number of amides is 1. The Morgan fingerprint density at radius 2 is 2.30 bits per heavy atom. The van der Waals surface area contributed by atoms with Gasteiger partial charge in [-0.05, 0) is 30.8 Å². The lowest BCUT2D eigenvalue weighted by Gasteiger charge is -2.38. The Morgan fingerprint density at radius 1 is 1.50 bits per heavy atom. The van der Waals surface area contributed by atoms with Crippen LogP contribution in [0.2, 0.25) is 0 Å². The molecule has 0 aromatic carbocycles. The number of nitrogens with one attached hydrogen (secondary N) is 1. The third-order valence-corrected chi connectivity index (χ3v) is 4.92. The molecule has 1 N–H and O–H groups in total. The minimum absolute atomic E-state index is 0.0664. The van der Waals surface area contributed by atoms with E-state index >= 15 is 0 Å². The highest BCUT2D eigenvalue weighted by atomic mass is 32.1. The summed E-state index contributed by atoms with van der Waals surface area (Å²) in [6.07, 6.45) is 2.24. The molecule has 0 radical (unpaired) electrons. The van der Waals surface area contributed by atoms with Crippen molar-refractivity contribution >= 4 is 17.2 Å². The van der Waals surface area contributed by atoms with Crippen LogP contribution in [0.5, 0.6) is 0 Å². The summed E-state index contributed by atoms with van der Waals surface area (Å²) in [5, 5.41) is 5.37. The first-order chi connectivity index (χ1) is 9.60. The summed E-state index contributed by atoms with van der Waals surface area (Å²) < 4.78 is 0. The highest BCUT2D eigenvalue weighted by Crippen LogP contribution is 2.30. The highest BCUT2D eigenvalue weighted by molar-refractivity contribution is 7.10. The second kappa shape index (κ2) is 7.23. The van der Waals surface area contributed by atoms with Crippen molar-refractivity contribution in [2.24, 2.45) is 5.92 Å². The van der Waals surface area contributed by atoms with Gasteiger partial charge in [-0.15, -0.1) is 11.3 Å². The van der Waals surface area contributed by atoms with E-state index < -0.39 is 0 Å². The van der Waals surface area contributed by atoms with Crippen molar-refractivity contribution in [1.82, 2.24) is 10.2 Å². The second-order valence-corrected chi connectivity index (χ2v) is 7.05. The third kappa shape index (κ3) is 4.06. The molecule has 2 heterocycles. The molecule has 4 heteroatoms. The number of piperidine rings is 1. The zero-order valence-corrected chi connectivity index (χ0v) is 13.6. The molecule has 0 aliphatic carbocycles. The topological polar surface area (TPSA) is 32.3 Å². The summed E-state index contributed by atoms with van der Waals surface area (Å²) in [5.74, 6) is 0.808. The van der Waals surface area contributed by atoms with Crippen molar-refractivity contribution in [3.8, 4) is 0 Å². The summed E-state index contributed by atoms with van der Waals surface area (Å²) in [6.45, 7) is 9.38. The molecule has 1 aliphatic heterocycles. The Labute approximate surface area is 126 Å². The van der Waals surface area contributed by atoms with Crippen molar-refractivity contribution in [3.05, 3.63) is 22.4 Å². The van der Waals surface area contributed by atoms with Gasteiger partial charge in [-0.2, -0.15) is 0 Å². The molecular formula is C16H26N2OS. The Bertz CT molecular complexity index is 416. The molecule has 2 atom stereocenters. The highest BCUT2D eigenvalue weighted by Gasteiger charge is 2.29. The van der Waals surface area contributed by atoms with E-state index in [2.05, 4.69) is 34.7 Å². The van der Waals surface area contributed by atoms with Crippen LogP contribution in [-0.4, -0.2) is 36.5 Å². The first-order valence-electron chi connectivity index (χ1n) is 7.66. The van der Waals surface area contributed by atoms with Gasteiger partial charge in [0.2, 0.25) is 5.91 Å². The summed E-state index contributed by atoms with van der Waals surface area (Å²) in [7, 11) is 0. The molecule has 2 unspecified atom stereocenters. The van der Waals surface area contributed by atoms with Gasteiger partial charge >= 0.3 is 0 Å². The van der Waals surface area contributed by atoms with Crippen molar-refractivity contribution in [2.75, 3.05) is 19.6 Å². The van der Waals surface area contributed by atoms with E-state index in [-0.39, 0.29) is 17.9 Å². The number of thiophene rings is 1. The smallest absolute Gasteiger partial charge is 0.222 e. The monoisotopic (exact) mass is 294 g/mol. The number of hydrogen-bond donors (Lipinski definition) is 1. The maximum Gasteiger partial charge on any atom is 0.222 e. The van der Waals surface area contributed by atoms with Gasteiger partial charge in [-0.3, -0.25) is 4.79 Å². The summed E-state index contributed by atoms with van der Waals surface area (Å²) in [6, 6.07) is 4.64. The van der Waals surface area contributed by atoms with Crippen LogP contribution < -0.4 is 5.32 Å². The fourth-order valence-electron chi connectivity index (χ4n) is 2.89. The number of hydrogen-bond acceptors (Lipinski definition) is 3. The number of likely N-dealkylation sites (tertiary alicyclic amines) is 1. The van der Waals surface area contributed by atoms with Crippen LogP contribution in [0.15, 0.2) is 17.5 Å². The van der Waals surface area contributed by atoms with Crippen molar-refractivity contribution in [2.45, 2.75) is 45.6 Å². The number of carbonyl (C=O) groups excluding carboxylic acids is 1. The lowest BCUT2D eigenvalue weighted by molar-refractivity contribution is -0.125. The summed E-state index contributed by atoms with van der Waals surface area (Å²) in [4.78, 5) is 15.9. The molecule has 1 fully saturated rings. The fourth-order valence-corrected chi connectivity index (χ4v) is 3.73. The maximum absolute atomic E-state index is 11.9. The zero-order chi connectivity index (χ0) is 14.5. The fraction of sp³-hybridized carbons (Fsp3) is 0.688. The van der Waals surface area contributed by atoms with Crippen LogP contribution in [0, 0.1) is 5.92 Å². The minimum atomic E-state index is 0.0664. The maximum atomic E-state index is 11.9. The quantitative estimate of drug-likeness (QED) is 0.905. The predicted octanol–water partition coefficient (Wildman–Crippen LogP) is 3.09. The van der Waals surface area contributed by atoms with Crippen molar-refractivity contribution in [1.29, 1.82) is 0 Å². The molecule has 0 bridgehead atoms. The molecule has 20 heavy (non-hydrogen) atoms. The standard InChI is InChI=1S/C16H26N2OS/c1-4-7-18-10-13(15-6-5-8-20-15)9-14(11-18)17-16(19)12(2)3/h5-6,8,12-14H,4,7,9-11H2,1-3H3,(H,17,19). The molecule has 1 aromatic heterocycles. The Hall–Kier alpha value is -0.870. The van der Waals surface area contributed by atoms with E-state index in [4.69, 9.17) is 0 Å². The Kier molecular flexibility index (Phi) is 5.61. The van der Waals surface area contributed by atoms with Gasteiger partial charge in [0.05, 0.1) is 0 Å². The average molecular weight is 294 g/mol. The van der Waals surface area contributed by atoms with E-state index in [1.165, 1.54) is 11.3 Å². The summed E-state index contributed by atoms with van der Waals surface area (Å²) >= 11 is 1.84. The largest absolute Gasteiger partial charge is 0.352 e. The molecule has 0 spiro atoms. The van der Waals surface area contributed by atoms with E-state index in [1.807, 2.05) is 25.2 Å². The van der Waals surface area contributed by atoms with Gasteiger partial charge in [-0.1, -0.05) is 26.8 Å². The molecule has 1 aliphatic rings. The molecule has 1 saturated heterocycles. The van der Waals surface area contributed by atoms with E-state index in [1.54, 1.807) is 0 Å². The van der Waals surface area contributed by atoms with E-state index in [9.17, 15) is 4.79 Å². The number of nitrogens with zero attached hydrogens (tertiary/aromatic N) is 1. The molecule has 2 rings (SSSR count). The molecule has 1 amide bonds. The average Bonchev–Trinajstić information content (AvgIpc) is 2.92. The Morgan fingerprint density at radius 3 is 2.90 bits per heavy atom. The zero-order valence-electron chi connectivity index (χ0n) is 12.8. The SMILES string of the molecule is CCCN1CC(NC(=O)C(C)C)CC(c2cccs2)C1. The first kappa shape index (κ1) is 15.5. The van der Waals surface area contributed by atoms with Crippen molar-refractivity contribution < 1.29 is 4.79 Å². The van der Waals surface area contributed by atoms with E-state index in [0.29, 0.717) is 5.92 Å². The Balaban J connectivity index is 2.02. The van der Waals surface area contributed by atoms with Crippen LogP contribution >= 0.6 is 11.3 Å². The van der Waals surface area contributed by atoms with Crippen LogP contribution in [0.25, 0.3) is 0 Å². The van der Waals surface area contributed by atoms with Gasteiger partial charge in [-0.25, -0.2) is 0 Å². The first-order valence-corrected chi connectivity index (χ1v) is 8.54.